The molecule has 2 atom stereocenters. The molecule has 0 aromatic carbocycles. The number of amides is 3. The summed E-state index contributed by atoms with van der Waals surface area (Å²) in [5, 5.41) is 7.74. The largest absolute Gasteiger partial charge is 0.353 e. The third kappa shape index (κ3) is 10.3. The lowest BCUT2D eigenvalue weighted by atomic mass is 10.1. The number of nitrogens with one attached hydrogen (secondary N) is 3. The highest BCUT2D eigenvalue weighted by Crippen LogP contribution is 1.99. The number of carbonyl (C=O) groups is 3. The summed E-state index contributed by atoms with van der Waals surface area (Å²) in [5.41, 5.74) is 0. The minimum absolute atomic E-state index is 0.0525. The molecule has 0 saturated carbocycles. The Kier molecular flexibility index (Phi) is 10.9. The van der Waals surface area contributed by atoms with Gasteiger partial charge in [0.1, 0.15) is 0 Å². The second-order valence-corrected chi connectivity index (χ2v) is 5.57. The molecule has 0 aromatic rings. The molecule has 0 aliphatic rings. The van der Waals surface area contributed by atoms with Crippen LogP contribution in [-0.4, -0.2) is 47.2 Å². The van der Waals surface area contributed by atoms with Crippen LogP contribution in [0.3, 0.4) is 0 Å². The lowest BCUT2D eigenvalue weighted by molar-refractivity contribution is -0.122. The van der Waals surface area contributed by atoms with Crippen LogP contribution in [0.25, 0.3) is 0 Å². The lowest BCUT2D eigenvalue weighted by Crippen LogP contribution is -2.45. The van der Waals surface area contributed by atoms with E-state index in [0.29, 0.717) is 6.42 Å². The van der Waals surface area contributed by atoms with E-state index in [-0.39, 0.29) is 53.6 Å². The molecule has 0 aliphatic carbocycles. The van der Waals surface area contributed by atoms with E-state index in [4.69, 9.17) is 0 Å². The molecule has 9 heteroatoms. The molecule has 0 rings (SSSR count). The maximum atomic E-state index is 11.5. The number of hydrogen-bond donors (Lipinski definition) is 6. The number of rotatable bonds is 9. The maximum absolute atomic E-state index is 11.5. The van der Waals surface area contributed by atoms with Gasteiger partial charge in [0, 0.05) is 19.0 Å². The van der Waals surface area contributed by atoms with Crippen molar-refractivity contribution in [1.29, 1.82) is 0 Å². The third-order valence-corrected chi connectivity index (χ3v) is 2.99. The first-order chi connectivity index (χ1) is 9.38. The Balaban J connectivity index is 4.26. The van der Waals surface area contributed by atoms with Crippen molar-refractivity contribution in [3.8, 4) is 0 Å². The fourth-order valence-corrected chi connectivity index (χ4v) is 1.75. The van der Waals surface area contributed by atoms with Crippen molar-refractivity contribution < 1.29 is 14.4 Å². The van der Waals surface area contributed by atoms with Crippen LogP contribution >= 0.6 is 37.9 Å². The van der Waals surface area contributed by atoms with Gasteiger partial charge in [-0.1, -0.05) is 0 Å². The van der Waals surface area contributed by atoms with Crippen LogP contribution < -0.4 is 16.0 Å². The molecule has 2 unspecified atom stereocenters. The van der Waals surface area contributed by atoms with Gasteiger partial charge >= 0.3 is 0 Å². The van der Waals surface area contributed by atoms with Crippen molar-refractivity contribution in [3.05, 3.63) is 0 Å². The van der Waals surface area contributed by atoms with Gasteiger partial charge in [0.25, 0.3) is 0 Å². The van der Waals surface area contributed by atoms with Gasteiger partial charge in [0.15, 0.2) is 0 Å². The smallest absolute Gasteiger partial charge is 0.230 e. The lowest BCUT2D eigenvalue weighted by Gasteiger charge is -2.19. The van der Waals surface area contributed by atoms with Gasteiger partial charge in [-0.2, -0.15) is 37.9 Å². The molecule has 0 bridgehead atoms. The molecule has 0 heterocycles. The van der Waals surface area contributed by atoms with Gasteiger partial charge in [-0.15, -0.1) is 0 Å². The van der Waals surface area contributed by atoms with E-state index in [9.17, 15) is 14.4 Å². The summed E-state index contributed by atoms with van der Waals surface area (Å²) in [6.07, 6.45) is 0.651. The number of carbonyl (C=O) groups excluding carboxylic acids is 3. The van der Waals surface area contributed by atoms with Crippen LogP contribution in [0.4, 0.5) is 0 Å². The molecule has 6 nitrogen and oxygen atoms in total. The van der Waals surface area contributed by atoms with E-state index >= 15 is 0 Å². The van der Waals surface area contributed by atoms with Gasteiger partial charge in [0.05, 0.1) is 16.9 Å². The van der Waals surface area contributed by atoms with Crippen LogP contribution in [-0.2, 0) is 14.4 Å². The second-order valence-electron chi connectivity index (χ2n) is 4.17. The predicted octanol–water partition coefficient (Wildman–Crippen LogP) is -0.381. The van der Waals surface area contributed by atoms with E-state index in [2.05, 4.69) is 53.8 Å². The summed E-state index contributed by atoms with van der Waals surface area (Å²) >= 11 is 11.8. The Bertz CT molecular complexity index is 340. The first kappa shape index (κ1) is 19.5. The highest BCUT2D eigenvalue weighted by Gasteiger charge is 2.15. The number of hydrogen-bond acceptors (Lipinski definition) is 6. The Hall–Kier alpha value is -0.540. The van der Waals surface area contributed by atoms with Gasteiger partial charge in [-0.25, -0.2) is 0 Å². The molecule has 3 N–H and O–H groups in total. The molecule has 20 heavy (non-hydrogen) atoms. The monoisotopic (exact) mass is 339 g/mol. The van der Waals surface area contributed by atoms with Gasteiger partial charge in [-0.05, 0) is 13.3 Å². The zero-order chi connectivity index (χ0) is 15.5. The van der Waals surface area contributed by atoms with Crippen LogP contribution in [0.2, 0.25) is 0 Å². The third-order valence-electron chi connectivity index (χ3n) is 2.29. The molecule has 0 radical (unpaired) electrons. The van der Waals surface area contributed by atoms with Crippen molar-refractivity contribution in [1.82, 2.24) is 16.0 Å². The molecule has 0 spiro atoms. The average molecular weight is 340 g/mol. The normalized spacial score (nSPS) is 13.2. The highest BCUT2D eigenvalue weighted by atomic mass is 32.1. The van der Waals surface area contributed by atoms with Crippen molar-refractivity contribution in [2.24, 2.45) is 0 Å². The zero-order valence-corrected chi connectivity index (χ0v) is 13.9. The highest BCUT2D eigenvalue weighted by molar-refractivity contribution is 7.81. The summed E-state index contributed by atoms with van der Waals surface area (Å²) in [4.78, 5) is 34.0. The molecule has 0 fully saturated rings. The van der Waals surface area contributed by atoms with E-state index in [1.54, 1.807) is 6.92 Å². The number of thiol groups is 3. The standard InChI is InChI=1S/C11H21N3O3S3/c1-7(20)13-9(15)3-2-8(14-11(17)6-19)4-12-10(16)5-18/h7-8,18-20H,2-6H2,1H3,(H,12,16)(H,13,15)(H,14,17). The first-order valence-electron chi connectivity index (χ1n) is 6.14. The molecule has 3 amide bonds. The van der Waals surface area contributed by atoms with E-state index < -0.39 is 0 Å². The SMILES string of the molecule is CC(S)NC(=O)CCC(CNC(=O)CS)NC(=O)CS. The van der Waals surface area contributed by atoms with Gasteiger partial charge < -0.3 is 16.0 Å². The Morgan fingerprint density at radius 3 is 2.10 bits per heavy atom. The summed E-state index contributed by atoms with van der Waals surface area (Å²) in [6.45, 7) is 2.00. The van der Waals surface area contributed by atoms with Gasteiger partial charge in [-0.3, -0.25) is 14.4 Å². The Morgan fingerprint density at radius 2 is 1.60 bits per heavy atom. The second kappa shape index (κ2) is 11.2. The predicted molar refractivity (Wildman–Crippen MR) is 88.5 cm³/mol. The Morgan fingerprint density at radius 1 is 1.00 bits per heavy atom. The van der Waals surface area contributed by atoms with Crippen molar-refractivity contribution in [2.75, 3.05) is 18.1 Å². The molecule has 116 valence electrons. The summed E-state index contributed by atoms with van der Waals surface area (Å²) in [6, 6.07) is -0.320. The summed E-state index contributed by atoms with van der Waals surface area (Å²) in [7, 11) is 0. The molecular weight excluding hydrogens is 318 g/mol. The molecule has 0 aromatic heterocycles. The molecular formula is C11H21N3O3S3. The zero-order valence-electron chi connectivity index (χ0n) is 11.3. The van der Waals surface area contributed by atoms with E-state index in [1.165, 1.54) is 0 Å². The Labute approximate surface area is 135 Å². The average Bonchev–Trinajstić information content (AvgIpc) is 2.40. The summed E-state index contributed by atoms with van der Waals surface area (Å²) < 4.78 is 0. The fourth-order valence-electron chi connectivity index (χ4n) is 1.40. The van der Waals surface area contributed by atoms with E-state index in [1.807, 2.05) is 0 Å². The summed E-state index contributed by atoms with van der Waals surface area (Å²) in [5.74, 6) is -0.506. The minimum atomic E-state index is -0.320. The quantitative estimate of drug-likeness (QED) is 0.256. The molecule has 0 aliphatic heterocycles. The van der Waals surface area contributed by atoms with Crippen LogP contribution in [0.5, 0.6) is 0 Å². The first-order valence-corrected chi connectivity index (χ1v) is 7.92. The fraction of sp³-hybridized carbons (Fsp3) is 0.727. The topological polar surface area (TPSA) is 87.3 Å². The van der Waals surface area contributed by atoms with Crippen molar-refractivity contribution >= 4 is 55.6 Å². The van der Waals surface area contributed by atoms with Gasteiger partial charge in [0.2, 0.25) is 17.7 Å². The van der Waals surface area contributed by atoms with Crippen LogP contribution in [0, 0.1) is 0 Å². The maximum Gasteiger partial charge on any atom is 0.230 e. The van der Waals surface area contributed by atoms with Crippen molar-refractivity contribution in [2.45, 2.75) is 31.2 Å². The minimum Gasteiger partial charge on any atom is -0.353 e. The van der Waals surface area contributed by atoms with Crippen LogP contribution in [0.1, 0.15) is 19.8 Å². The van der Waals surface area contributed by atoms with Crippen molar-refractivity contribution in [3.63, 3.8) is 0 Å². The molecule has 0 saturated heterocycles. The van der Waals surface area contributed by atoms with Crippen LogP contribution in [0.15, 0.2) is 0 Å². The van der Waals surface area contributed by atoms with E-state index in [0.717, 1.165) is 0 Å².